The molecule has 0 bridgehead atoms. The van der Waals surface area contributed by atoms with E-state index >= 15 is 0 Å². The molecule has 0 spiro atoms. The first-order chi connectivity index (χ1) is 10.8. The van der Waals surface area contributed by atoms with Gasteiger partial charge in [-0.05, 0) is 76.1 Å². The van der Waals surface area contributed by atoms with Gasteiger partial charge in [0.25, 0.3) is 0 Å². The van der Waals surface area contributed by atoms with E-state index < -0.39 is 0 Å². The zero-order chi connectivity index (χ0) is 15.4. The summed E-state index contributed by atoms with van der Waals surface area (Å²) >= 11 is 6.51. The van der Waals surface area contributed by atoms with Crippen molar-refractivity contribution in [2.24, 2.45) is 5.92 Å². The summed E-state index contributed by atoms with van der Waals surface area (Å²) in [6, 6.07) is 3.87. The minimum Gasteiger partial charge on any atom is -0.493 e. The smallest absolute Gasteiger partial charge is 0.166 e. The molecule has 1 aromatic carbocycles. The average Bonchev–Trinajstić information content (AvgIpc) is 3.05. The minimum atomic E-state index is 0.319. The average molecular weight is 324 g/mol. The number of methoxy groups -OCH3 is 1. The van der Waals surface area contributed by atoms with Gasteiger partial charge in [0.05, 0.1) is 13.2 Å². The summed E-state index contributed by atoms with van der Waals surface area (Å²) < 4.78 is 11.9. The monoisotopic (exact) mass is 323 g/mol. The fourth-order valence-corrected chi connectivity index (χ4v) is 3.84. The first kappa shape index (κ1) is 15.9. The van der Waals surface area contributed by atoms with Crippen LogP contribution in [0.2, 0.25) is 5.02 Å². The molecular formula is C18H26ClNO2. The summed E-state index contributed by atoms with van der Waals surface area (Å²) in [5.74, 6) is 2.39. The van der Waals surface area contributed by atoms with Crippen LogP contribution in [-0.4, -0.2) is 26.3 Å². The van der Waals surface area contributed by atoms with Crippen LogP contribution in [0.25, 0.3) is 0 Å². The second kappa shape index (κ2) is 7.56. The van der Waals surface area contributed by atoms with Crippen LogP contribution in [0.3, 0.4) is 0 Å². The fraction of sp³-hybridized carbons (Fsp3) is 0.667. The number of hydrogen-bond donors (Lipinski definition) is 1. The predicted octanol–water partition coefficient (Wildman–Crippen LogP) is 4.21. The van der Waals surface area contributed by atoms with Gasteiger partial charge in [-0.25, -0.2) is 0 Å². The van der Waals surface area contributed by atoms with E-state index in [0.29, 0.717) is 12.0 Å². The summed E-state index contributed by atoms with van der Waals surface area (Å²) in [5, 5.41) is 4.23. The Kier molecular flexibility index (Phi) is 5.48. The molecule has 1 saturated heterocycles. The number of nitrogens with one attached hydrogen (secondary N) is 1. The van der Waals surface area contributed by atoms with E-state index in [1.807, 2.05) is 12.1 Å². The van der Waals surface area contributed by atoms with Gasteiger partial charge >= 0.3 is 0 Å². The van der Waals surface area contributed by atoms with Gasteiger partial charge in [-0.15, -0.1) is 0 Å². The molecule has 1 aliphatic heterocycles. The Labute approximate surface area is 138 Å². The van der Waals surface area contributed by atoms with E-state index in [4.69, 9.17) is 21.1 Å². The first-order valence-corrected chi connectivity index (χ1v) is 8.88. The van der Waals surface area contributed by atoms with Crippen molar-refractivity contribution in [1.29, 1.82) is 0 Å². The largest absolute Gasteiger partial charge is 0.493 e. The molecule has 22 heavy (non-hydrogen) atoms. The Morgan fingerprint density at radius 1 is 1.14 bits per heavy atom. The molecule has 0 unspecified atom stereocenters. The molecule has 4 heteroatoms. The molecule has 0 atom stereocenters. The van der Waals surface area contributed by atoms with Gasteiger partial charge in [-0.2, -0.15) is 0 Å². The molecule has 0 radical (unpaired) electrons. The van der Waals surface area contributed by atoms with Crippen molar-refractivity contribution in [2.45, 2.75) is 51.0 Å². The van der Waals surface area contributed by atoms with Crippen molar-refractivity contribution < 1.29 is 9.47 Å². The van der Waals surface area contributed by atoms with Crippen LogP contribution in [-0.2, 0) is 6.42 Å². The SMILES string of the molecule is COc1ccc(Cl)c(CC2CCNCC2)c1OC1CCCC1. The molecule has 122 valence electrons. The second-order valence-corrected chi connectivity index (χ2v) is 6.89. The molecular weight excluding hydrogens is 298 g/mol. The molecule has 1 heterocycles. The van der Waals surface area contributed by atoms with Gasteiger partial charge in [0.1, 0.15) is 0 Å². The Hall–Kier alpha value is -0.930. The van der Waals surface area contributed by atoms with E-state index in [9.17, 15) is 0 Å². The normalized spacial score (nSPS) is 20.3. The Balaban J connectivity index is 1.84. The standard InChI is InChI=1S/C18H26ClNO2/c1-21-17-7-6-16(19)15(12-13-8-10-20-11-9-13)18(17)22-14-4-2-3-5-14/h6-7,13-14,20H,2-5,8-12H2,1H3. The summed E-state index contributed by atoms with van der Waals surface area (Å²) in [4.78, 5) is 0. The van der Waals surface area contributed by atoms with Gasteiger partial charge < -0.3 is 14.8 Å². The molecule has 3 nitrogen and oxygen atoms in total. The van der Waals surface area contributed by atoms with Gasteiger partial charge in [0.15, 0.2) is 11.5 Å². The quantitative estimate of drug-likeness (QED) is 0.880. The maximum absolute atomic E-state index is 6.51. The van der Waals surface area contributed by atoms with Crippen molar-refractivity contribution in [3.63, 3.8) is 0 Å². The maximum atomic E-state index is 6.51. The van der Waals surface area contributed by atoms with Crippen LogP contribution in [0.5, 0.6) is 11.5 Å². The van der Waals surface area contributed by atoms with Gasteiger partial charge in [0.2, 0.25) is 0 Å². The van der Waals surface area contributed by atoms with Gasteiger partial charge in [-0.3, -0.25) is 0 Å². The Morgan fingerprint density at radius 3 is 2.55 bits per heavy atom. The van der Waals surface area contributed by atoms with Crippen LogP contribution >= 0.6 is 11.6 Å². The highest BCUT2D eigenvalue weighted by Crippen LogP contribution is 2.40. The van der Waals surface area contributed by atoms with Crippen LogP contribution in [0.1, 0.15) is 44.1 Å². The Bertz CT molecular complexity index is 494. The zero-order valence-electron chi connectivity index (χ0n) is 13.4. The van der Waals surface area contributed by atoms with Crippen LogP contribution in [0, 0.1) is 5.92 Å². The topological polar surface area (TPSA) is 30.5 Å². The first-order valence-electron chi connectivity index (χ1n) is 8.50. The van der Waals surface area contributed by atoms with Crippen LogP contribution in [0.4, 0.5) is 0 Å². The molecule has 0 aromatic heterocycles. The van der Waals surface area contributed by atoms with E-state index in [0.717, 1.165) is 54.4 Å². The van der Waals surface area contributed by atoms with E-state index in [2.05, 4.69) is 5.32 Å². The second-order valence-electron chi connectivity index (χ2n) is 6.48. The summed E-state index contributed by atoms with van der Waals surface area (Å²) in [5.41, 5.74) is 1.14. The molecule has 1 aliphatic carbocycles. The lowest BCUT2D eigenvalue weighted by Gasteiger charge is -2.25. The molecule has 2 fully saturated rings. The Morgan fingerprint density at radius 2 is 1.86 bits per heavy atom. The highest BCUT2D eigenvalue weighted by atomic mass is 35.5. The van der Waals surface area contributed by atoms with Crippen molar-refractivity contribution in [3.05, 3.63) is 22.7 Å². The third kappa shape index (κ3) is 3.69. The third-order valence-electron chi connectivity index (χ3n) is 4.93. The summed E-state index contributed by atoms with van der Waals surface area (Å²) in [7, 11) is 1.71. The highest BCUT2D eigenvalue weighted by molar-refractivity contribution is 6.31. The number of piperidine rings is 1. The fourth-order valence-electron chi connectivity index (χ4n) is 3.61. The number of benzene rings is 1. The van der Waals surface area contributed by atoms with Crippen molar-refractivity contribution >= 4 is 11.6 Å². The lowest BCUT2D eigenvalue weighted by atomic mass is 9.90. The highest BCUT2D eigenvalue weighted by Gasteiger charge is 2.24. The van der Waals surface area contributed by atoms with Gasteiger partial charge in [-0.1, -0.05) is 11.6 Å². The van der Waals surface area contributed by atoms with Crippen LogP contribution < -0.4 is 14.8 Å². The number of halogens is 1. The van der Waals surface area contributed by atoms with E-state index in [1.54, 1.807) is 7.11 Å². The van der Waals surface area contributed by atoms with Crippen molar-refractivity contribution in [3.8, 4) is 11.5 Å². The predicted molar refractivity (Wildman–Crippen MR) is 90.2 cm³/mol. The summed E-state index contributed by atoms with van der Waals surface area (Å²) in [6.07, 6.45) is 8.52. The number of hydrogen-bond acceptors (Lipinski definition) is 3. The minimum absolute atomic E-state index is 0.319. The lowest BCUT2D eigenvalue weighted by molar-refractivity contribution is 0.197. The molecule has 1 aromatic rings. The molecule has 1 N–H and O–H groups in total. The zero-order valence-corrected chi connectivity index (χ0v) is 14.1. The van der Waals surface area contributed by atoms with E-state index in [1.165, 1.54) is 25.7 Å². The molecule has 0 amide bonds. The van der Waals surface area contributed by atoms with Gasteiger partial charge in [0, 0.05) is 10.6 Å². The third-order valence-corrected chi connectivity index (χ3v) is 5.28. The molecule has 1 saturated carbocycles. The number of ether oxygens (including phenoxy) is 2. The molecule has 2 aliphatic rings. The molecule has 3 rings (SSSR count). The number of rotatable bonds is 5. The lowest BCUT2D eigenvalue weighted by Crippen LogP contribution is -2.29. The van der Waals surface area contributed by atoms with Crippen LogP contribution in [0.15, 0.2) is 12.1 Å². The van der Waals surface area contributed by atoms with Crippen molar-refractivity contribution in [1.82, 2.24) is 5.32 Å². The summed E-state index contributed by atoms with van der Waals surface area (Å²) in [6.45, 7) is 2.20. The maximum Gasteiger partial charge on any atom is 0.166 e. The van der Waals surface area contributed by atoms with Crippen molar-refractivity contribution in [2.75, 3.05) is 20.2 Å². The van der Waals surface area contributed by atoms with E-state index in [-0.39, 0.29) is 0 Å².